The first-order valence-corrected chi connectivity index (χ1v) is 5.23. The Balaban J connectivity index is 2.33. The van der Waals surface area contributed by atoms with E-state index in [-0.39, 0.29) is 0 Å². The van der Waals surface area contributed by atoms with Crippen molar-refractivity contribution in [2.75, 3.05) is 0 Å². The molecule has 0 amide bonds. The Morgan fingerprint density at radius 2 is 2.31 bits per heavy atom. The molecule has 1 aromatic rings. The van der Waals surface area contributed by atoms with E-state index in [4.69, 9.17) is 0 Å². The van der Waals surface area contributed by atoms with Gasteiger partial charge in [0.1, 0.15) is 0 Å². The molecular formula is C11H18N2. The van der Waals surface area contributed by atoms with Crippen LogP contribution in [0.4, 0.5) is 0 Å². The zero-order valence-corrected chi connectivity index (χ0v) is 8.75. The fraction of sp³-hybridized carbons (Fsp3) is 0.727. The molecule has 72 valence electrons. The number of hydrogen-bond acceptors (Lipinski definition) is 1. The number of fused-ring (bicyclic) bond motifs is 1. The van der Waals surface area contributed by atoms with Crippen molar-refractivity contribution in [1.29, 1.82) is 0 Å². The first-order valence-electron chi connectivity index (χ1n) is 5.23. The molecule has 0 radical (unpaired) electrons. The highest BCUT2D eigenvalue weighted by atomic mass is 15.3. The first kappa shape index (κ1) is 8.79. The first-order chi connectivity index (χ1) is 6.18. The molecule has 0 aliphatic carbocycles. The quantitative estimate of drug-likeness (QED) is 0.646. The second-order valence-electron chi connectivity index (χ2n) is 4.53. The van der Waals surface area contributed by atoms with E-state index in [1.165, 1.54) is 24.1 Å². The van der Waals surface area contributed by atoms with Gasteiger partial charge in [0.05, 0.1) is 6.20 Å². The van der Waals surface area contributed by atoms with Crippen molar-refractivity contribution in [3.05, 3.63) is 17.5 Å². The van der Waals surface area contributed by atoms with Crippen LogP contribution in [0.2, 0.25) is 0 Å². The van der Waals surface area contributed by atoms with Crippen molar-refractivity contribution >= 4 is 0 Å². The van der Waals surface area contributed by atoms with E-state index < -0.39 is 0 Å². The lowest BCUT2D eigenvalue weighted by molar-refractivity contribution is 0.370. The zero-order chi connectivity index (χ0) is 9.42. The molecule has 1 aliphatic heterocycles. The lowest BCUT2D eigenvalue weighted by Gasteiger charge is -2.21. The third-order valence-electron chi connectivity index (χ3n) is 2.96. The van der Waals surface area contributed by atoms with E-state index in [1.54, 1.807) is 0 Å². The van der Waals surface area contributed by atoms with E-state index in [2.05, 4.69) is 36.7 Å². The van der Waals surface area contributed by atoms with Crippen LogP contribution in [0.15, 0.2) is 6.20 Å². The third kappa shape index (κ3) is 1.50. The van der Waals surface area contributed by atoms with Crippen molar-refractivity contribution in [1.82, 2.24) is 9.78 Å². The second-order valence-corrected chi connectivity index (χ2v) is 4.53. The number of nitrogens with zero attached hydrogens (tertiary/aromatic N) is 2. The third-order valence-corrected chi connectivity index (χ3v) is 2.96. The highest BCUT2D eigenvalue weighted by molar-refractivity contribution is 5.22. The van der Waals surface area contributed by atoms with E-state index in [0.717, 1.165) is 12.5 Å². The van der Waals surface area contributed by atoms with Gasteiger partial charge >= 0.3 is 0 Å². The summed E-state index contributed by atoms with van der Waals surface area (Å²) in [5.41, 5.74) is 2.93. The molecule has 2 heterocycles. The smallest absolute Gasteiger partial charge is 0.0527 e. The molecule has 1 aromatic heterocycles. The van der Waals surface area contributed by atoms with Crippen molar-refractivity contribution < 1.29 is 0 Å². The molecular weight excluding hydrogens is 160 g/mol. The fourth-order valence-corrected chi connectivity index (χ4v) is 2.11. The minimum Gasteiger partial charge on any atom is -0.269 e. The van der Waals surface area contributed by atoms with E-state index in [1.807, 2.05) is 0 Å². The Hall–Kier alpha value is -0.790. The molecule has 0 N–H and O–H groups in total. The van der Waals surface area contributed by atoms with E-state index in [9.17, 15) is 0 Å². The van der Waals surface area contributed by atoms with Crippen LogP contribution in [0.1, 0.15) is 44.4 Å². The molecule has 1 aliphatic rings. The summed E-state index contributed by atoms with van der Waals surface area (Å²) < 4.78 is 2.20. The van der Waals surface area contributed by atoms with Crippen molar-refractivity contribution in [3.63, 3.8) is 0 Å². The zero-order valence-electron chi connectivity index (χ0n) is 8.75. The normalized spacial score (nSPS) is 22.0. The summed E-state index contributed by atoms with van der Waals surface area (Å²) in [6, 6.07) is 0. The molecule has 2 rings (SSSR count). The van der Waals surface area contributed by atoms with Crippen molar-refractivity contribution in [3.8, 4) is 0 Å². The van der Waals surface area contributed by atoms with E-state index in [0.29, 0.717) is 5.92 Å². The molecule has 0 fully saturated rings. The molecule has 2 heteroatoms. The Morgan fingerprint density at radius 1 is 1.54 bits per heavy atom. The molecule has 0 saturated heterocycles. The molecule has 13 heavy (non-hydrogen) atoms. The van der Waals surface area contributed by atoms with Gasteiger partial charge in [-0.1, -0.05) is 20.8 Å². The maximum atomic E-state index is 4.45. The molecule has 1 unspecified atom stereocenters. The minimum absolute atomic E-state index is 0.622. The van der Waals surface area contributed by atoms with E-state index >= 15 is 0 Å². The molecule has 0 spiro atoms. The van der Waals surface area contributed by atoms with Crippen LogP contribution in [0.3, 0.4) is 0 Å². The van der Waals surface area contributed by atoms with Crippen LogP contribution in [-0.4, -0.2) is 9.78 Å². The van der Waals surface area contributed by atoms with Crippen molar-refractivity contribution in [2.45, 2.75) is 46.1 Å². The molecule has 0 aromatic carbocycles. The molecule has 0 saturated carbocycles. The SMILES string of the molecule is CC1CCc2c(C(C)C)cnn2C1. The average Bonchev–Trinajstić information content (AvgIpc) is 2.46. The van der Waals surface area contributed by atoms with Gasteiger partial charge in [-0.3, -0.25) is 4.68 Å². The maximum Gasteiger partial charge on any atom is 0.0527 e. The lowest BCUT2D eigenvalue weighted by Crippen LogP contribution is -2.19. The van der Waals surface area contributed by atoms with Crippen LogP contribution in [0.25, 0.3) is 0 Å². The van der Waals surface area contributed by atoms with Gasteiger partial charge in [0.25, 0.3) is 0 Å². The van der Waals surface area contributed by atoms with Crippen molar-refractivity contribution in [2.24, 2.45) is 5.92 Å². The van der Waals surface area contributed by atoms with Gasteiger partial charge in [-0.2, -0.15) is 5.10 Å². The van der Waals surface area contributed by atoms with Gasteiger partial charge in [-0.15, -0.1) is 0 Å². The van der Waals surface area contributed by atoms with Gasteiger partial charge in [0, 0.05) is 12.2 Å². The number of aromatic nitrogens is 2. The summed E-state index contributed by atoms with van der Waals surface area (Å²) in [5, 5.41) is 4.45. The molecule has 1 atom stereocenters. The van der Waals surface area contributed by atoms with Crippen LogP contribution in [0.5, 0.6) is 0 Å². The van der Waals surface area contributed by atoms with Gasteiger partial charge in [0.15, 0.2) is 0 Å². The highest BCUT2D eigenvalue weighted by Gasteiger charge is 2.19. The lowest BCUT2D eigenvalue weighted by atomic mass is 9.95. The van der Waals surface area contributed by atoms with Crippen LogP contribution < -0.4 is 0 Å². The predicted molar refractivity (Wildman–Crippen MR) is 53.8 cm³/mol. The van der Waals surface area contributed by atoms with Crippen LogP contribution in [0, 0.1) is 5.92 Å². The standard InChI is InChI=1S/C11H18N2/c1-8(2)10-6-12-13-7-9(3)4-5-11(10)13/h6,8-9H,4-5,7H2,1-3H3. The Kier molecular flexibility index (Phi) is 2.14. The van der Waals surface area contributed by atoms with Gasteiger partial charge in [-0.05, 0) is 30.2 Å². The van der Waals surface area contributed by atoms with Gasteiger partial charge in [0.2, 0.25) is 0 Å². The summed E-state index contributed by atoms with van der Waals surface area (Å²) in [4.78, 5) is 0. The largest absolute Gasteiger partial charge is 0.269 e. The topological polar surface area (TPSA) is 17.8 Å². The monoisotopic (exact) mass is 178 g/mol. The van der Waals surface area contributed by atoms with Crippen LogP contribution in [-0.2, 0) is 13.0 Å². The second kappa shape index (κ2) is 3.17. The Morgan fingerprint density at radius 3 is 3.00 bits per heavy atom. The predicted octanol–water partition coefficient (Wildman–Crippen LogP) is 2.59. The van der Waals surface area contributed by atoms with Gasteiger partial charge < -0.3 is 0 Å². The maximum absolute atomic E-state index is 4.45. The summed E-state index contributed by atoms with van der Waals surface area (Å²) in [6.45, 7) is 7.91. The average molecular weight is 178 g/mol. The fourth-order valence-electron chi connectivity index (χ4n) is 2.11. The van der Waals surface area contributed by atoms with Gasteiger partial charge in [-0.25, -0.2) is 0 Å². The van der Waals surface area contributed by atoms with Crippen LogP contribution >= 0.6 is 0 Å². The minimum atomic E-state index is 0.622. The Labute approximate surface area is 80.0 Å². The summed E-state index contributed by atoms with van der Waals surface area (Å²) in [6.07, 6.45) is 4.60. The number of rotatable bonds is 1. The number of hydrogen-bond donors (Lipinski definition) is 0. The Bertz CT molecular complexity index is 299. The molecule has 0 bridgehead atoms. The summed E-state index contributed by atoms with van der Waals surface area (Å²) in [7, 11) is 0. The molecule has 2 nitrogen and oxygen atoms in total. The highest BCUT2D eigenvalue weighted by Crippen LogP contribution is 2.26. The summed E-state index contributed by atoms with van der Waals surface area (Å²) in [5.74, 6) is 1.42. The summed E-state index contributed by atoms with van der Waals surface area (Å²) >= 11 is 0.